The smallest absolute Gasteiger partial charge is 0.241 e. The van der Waals surface area contributed by atoms with E-state index in [0.717, 1.165) is 36.3 Å². The van der Waals surface area contributed by atoms with Crippen LogP contribution in [0.15, 0.2) is 41.4 Å². The average molecular weight is 303 g/mol. The van der Waals surface area contributed by atoms with Crippen LogP contribution in [0.1, 0.15) is 36.0 Å². The molecule has 0 bridgehead atoms. The van der Waals surface area contributed by atoms with E-state index in [1.165, 1.54) is 0 Å². The molecule has 0 spiro atoms. The number of nitrogens with one attached hydrogen (secondary N) is 1. The molecule has 1 aromatic heterocycles. The average Bonchev–Trinajstić information content (AvgIpc) is 2.48. The molecule has 21 heavy (non-hydrogen) atoms. The third-order valence-corrected chi connectivity index (χ3v) is 5.14. The maximum Gasteiger partial charge on any atom is 0.241 e. The van der Waals surface area contributed by atoms with E-state index in [-0.39, 0.29) is 10.9 Å². The van der Waals surface area contributed by atoms with E-state index in [1.54, 1.807) is 36.5 Å². The molecule has 1 aliphatic carbocycles. The van der Waals surface area contributed by atoms with E-state index in [1.807, 2.05) is 6.92 Å². The number of aromatic nitrogens is 2. The van der Waals surface area contributed by atoms with E-state index in [9.17, 15) is 8.42 Å². The molecule has 0 fully saturated rings. The maximum atomic E-state index is 12.4. The molecule has 1 N–H and O–H groups in total. The Balaban J connectivity index is 1.90. The van der Waals surface area contributed by atoms with Gasteiger partial charge in [0, 0.05) is 17.5 Å². The number of nitrogens with zero attached hydrogens (tertiary/aromatic N) is 2. The molecular weight excluding hydrogens is 286 g/mol. The van der Waals surface area contributed by atoms with Crippen molar-refractivity contribution >= 4 is 10.0 Å². The van der Waals surface area contributed by atoms with Crippen molar-refractivity contribution in [2.45, 2.75) is 37.1 Å². The van der Waals surface area contributed by atoms with Crippen molar-refractivity contribution in [2.75, 3.05) is 0 Å². The number of aryl methyl sites for hydroxylation is 2. The van der Waals surface area contributed by atoms with Gasteiger partial charge in [0.15, 0.2) is 0 Å². The van der Waals surface area contributed by atoms with Gasteiger partial charge in [0.25, 0.3) is 0 Å². The second-order valence-electron chi connectivity index (χ2n) is 5.20. The summed E-state index contributed by atoms with van der Waals surface area (Å²) in [6.07, 6.45) is 4.31. The van der Waals surface area contributed by atoms with E-state index in [0.29, 0.717) is 0 Å². The molecule has 0 amide bonds. The Morgan fingerprint density at radius 1 is 1.24 bits per heavy atom. The lowest BCUT2D eigenvalue weighted by Crippen LogP contribution is -2.31. The molecule has 0 aliphatic heterocycles. The molecule has 0 unspecified atom stereocenters. The quantitative estimate of drug-likeness (QED) is 0.943. The lowest BCUT2D eigenvalue weighted by atomic mass is 9.93. The van der Waals surface area contributed by atoms with E-state index >= 15 is 0 Å². The highest BCUT2D eigenvalue weighted by atomic mass is 32.2. The first-order valence-corrected chi connectivity index (χ1v) is 8.44. The third-order valence-electron chi connectivity index (χ3n) is 3.65. The fourth-order valence-corrected chi connectivity index (χ4v) is 3.89. The zero-order valence-corrected chi connectivity index (χ0v) is 12.6. The second kappa shape index (κ2) is 5.54. The minimum absolute atomic E-state index is 0.250. The van der Waals surface area contributed by atoms with Gasteiger partial charge >= 0.3 is 0 Å². The standard InChI is InChI=1S/C15H17N3O2S/c1-11-16-10-13-14(17-11)8-5-9-15(13)18-21(19,20)12-6-3-2-4-7-12/h2-4,6-7,10,15,18H,5,8-9H2,1H3/t15-/m0/s1. The van der Waals surface area contributed by atoms with E-state index < -0.39 is 10.0 Å². The lowest BCUT2D eigenvalue weighted by molar-refractivity contribution is 0.499. The van der Waals surface area contributed by atoms with Gasteiger partial charge in [-0.3, -0.25) is 0 Å². The normalized spacial score (nSPS) is 18.2. The number of fused-ring (bicyclic) bond motifs is 1. The number of hydrogen-bond acceptors (Lipinski definition) is 4. The van der Waals surface area contributed by atoms with Crippen LogP contribution in [0, 0.1) is 6.92 Å². The molecule has 6 heteroatoms. The minimum Gasteiger partial charge on any atom is -0.241 e. The highest BCUT2D eigenvalue weighted by Gasteiger charge is 2.26. The summed E-state index contributed by atoms with van der Waals surface area (Å²) >= 11 is 0. The first-order chi connectivity index (χ1) is 10.1. The van der Waals surface area contributed by atoms with Crippen molar-refractivity contribution in [2.24, 2.45) is 0 Å². The fraction of sp³-hybridized carbons (Fsp3) is 0.333. The first kappa shape index (κ1) is 14.2. The van der Waals surface area contributed by atoms with Gasteiger partial charge in [-0.1, -0.05) is 18.2 Å². The molecule has 5 nitrogen and oxygen atoms in total. The van der Waals surface area contributed by atoms with Crippen LogP contribution < -0.4 is 4.72 Å². The summed E-state index contributed by atoms with van der Waals surface area (Å²) in [5.41, 5.74) is 1.85. The number of rotatable bonds is 3. The second-order valence-corrected chi connectivity index (χ2v) is 6.91. The fourth-order valence-electron chi connectivity index (χ4n) is 2.62. The summed E-state index contributed by atoms with van der Waals surface area (Å²) in [5, 5.41) is 0. The summed E-state index contributed by atoms with van der Waals surface area (Å²) in [7, 11) is -3.52. The van der Waals surface area contributed by atoms with Crippen LogP contribution >= 0.6 is 0 Å². The topological polar surface area (TPSA) is 72.0 Å². The van der Waals surface area contributed by atoms with Gasteiger partial charge in [0.05, 0.1) is 10.9 Å². The zero-order valence-electron chi connectivity index (χ0n) is 11.8. The summed E-state index contributed by atoms with van der Waals surface area (Å²) in [6.45, 7) is 1.85. The molecule has 110 valence electrons. The van der Waals surface area contributed by atoms with Crippen LogP contribution in [0.3, 0.4) is 0 Å². The molecular formula is C15H17N3O2S. The summed E-state index contributed by atoms with van der Waals surface area (Å²) < 4.78 is 27.6. The van der Waals surface area contributed by atoms with Crippen molar-refractivity contribution in [3.8, 4) is 0 Å². The van der Waals surface area contributed by atoms with Gasteiger partial charge in [-0.2, -0.15) is 0 Å². The van der Waals surface area contributed by atoms with Gasteiger partial charge in [0.2, 0.25) is 10.0 Å². The molecule has 2 aromatic rings. The molecule has 1 heterocycles. The number of sulfonamides is 1. The molecule has 0 radical (unpaired) electrons. The summed E-state index contributed by atoms with van der Waals surface area (Å²) in [6, 6.07) is 8.17. The number of benzene rings is 1. The number of hydrogen-bond donors (Lipinski definition) is 1. The van der Waals surface area contributed by atoms with Gasteiger partial charge < -0.3 is 0 Å². The van der Waals surface area contributed by atoms with Crippen molar-refractivity contribution in [3.05, 3.63) is 53.6 Å². The highest BCUT2D eigenvalue weighted by Crippen LogP contribution is 2.29. The molecule has 3 rings (SSSR count). The summed E-state index contributed by atoms with van der Waals surface area (Å²) in [4.78, 5) is 8.90. The largest absolute Gasteiger partial charge is 0.241 e. The van der Waals surface area contributed by atoms with Gasteiger partial charge in [0.1, 0.15) is 5.82 Å². The Labute approximate surface area is 124 Å². The van der Waals surface area contributed by atoms with Gasteiger partial charge in [-0.05, 0) is 38.3 Å². The van der Waals surface area contributed by atoms with Gasteiger partial charge in [-0.15, -0.1) is 0 Å². The molecule has 1 aliphatic rings. The Morgan fingerprint density at radius 3 is 2.76 bits per heavy atom. The zero-order chi connectivity index (χ0) is 14.9. The predicted molar refractivity (Wildman–Crippen MR) is 79.2 cm³/mol. The van der Waals surface area contributed by atoms with Crippen LogP contribution in [0.25, 0.3) is 0 Å². The summed E-state index contributed by atoms with van der Waals surface area (Å²) in [5.74, 6) is 0.723. The van der Waals surface area contributed by atoms with Crippen LogP contribution in [0.5, 0.6) is 0 Å². The van der Waals surface area contributed by atoms with Crippen LogP contribution in [0.4, 0.5) is 0 Å². The maximum absolute atomic E-state index is 12.4. The first-order valence-electron chi connectivity index (χ1n) is 6.96. The van der Waals surface area contributed by atoms with Crippen molar-refractivity contribution in [3.63, 3.8) is 0 Å². The van der Waals surface area contributed by atoms with Crippen molar-refractivity contribution in [1.29, 1.82) is 0 Å². The van der Waals surface area contributed by atoms with Crippen LogP contribution in [-0.4, -0.2) is 18.4 Å². The monoisotopic (exact) mass is 303 g/mol. The van der Waals surface area contributed by atoms with Gasteiger partial charge in [-0.25, -0.2) is 23.1 Å². The SMILES string of the molecule is Cc1ncc2c(n1)CCC[C@@H]2NS(=O)(=O)c1ccccc1. The van der Waals surface area contributed by atoms with E-state index in [2.05, 4.69) is 14.7 Å². The Hall–Kier alpha value is -1.79. The molecule has 1 aromatic carbocycles. The highest BCUT2D eigenvalue weighted by molar-refractivity contribution is 7.89. The van der Waals surface area contributed by atoms with Crippen LogP contribution in [0.2, 0.25) is 0 Å². The lowest BCUT2D eigenvalue weighted by Gasteiger charge is -2.25. The van der Waals surface area contributed by atoms with E-state index in [4.69, 9.17) is 0 Å². The van der Waals surface area contributed by atoms with Crippen molar-refractivity contribution < 1.29 is 8.42 Å². The minimum atomic E-state index is -3.52. The molecule has 1 atom stereocenters. The Bertz CT molecular complexity index is 745. The Kier molecular flexibility index (Phi) is 3.73. The predicted octanol–water partition coefficient (Wildman–Crippen LogP) is 2.14. The molecule has 0 saturated carbocycles. The Morgan fingerprint density at radius 2 is 2.00 bits per heavy atom. The van der Waals surface area contributed by atoms with Crippen LogP contribution in [-0.2, 0) is 16.4 Å². The van der Waals surface area contributed by atoms with Crippen molar-refractivity contribution in [1.82, 2.24) is 14.7 Å². The third kappa shape index (κ3) is 2.96. The molecule has 0 saturated heterocycles.